The molecule has 0 unspecified atom stereocenters. The Bertz CT molecular complexity index is 740. The summed E-state index contributed by atoms with van der Waals surface area (Å²) in [5.74, 6) is -1.20. The number of carbonyl (C=O) groups is 1. The SMILES string of the molecule is COc1cc(C#N)ccc1OC(=O)c1cc(Br)ccc1F. The van der Waals surface area contributed by atoms with Crippen LogP contribution in [-0.2, 0) is 0 Å². The lowest BCUT2D eigenvalue weighted by Gasteiger charge is -2.10. The molecule has 106 valence electrons. The van der Waals surface area contributed by atoms with Crippen molar-refractivity contribution in [3.8, 4) is 17.6 Å². The third-order valence-corrected chi connectivity index (χ3v) is 3.14. The minimum absolute atomic E-state index is 0.112. The molecule has 0 fully saturated rings. The number of hydrogen-bond acceptors (Lipinski definition) is 4. The highest BCUT2D eigenvalue weighted by atomic mass is 79.9. The fourth-order valence-corrected chi connectivity index (χ4v) is 1.99. The van der Waals surface area contributed by atoms with Gasteiger partial charge in [-0.15, -0.1) is 0 Å². The minimum Gasteiger partial charge on any atom is -0.493 e. The van der Waals surface area contributed by atoms with E-state index >= 15 is 0 Å². The number of nitrogens with zero attached hydrogens (tertiary/aromatic N) is 1. The fourth-order valence-electron chi connectivity index (χ4n) is 1.63. The van der Waals surface area contributed by atoms with Gasteiger partial charge >= 0.3 is 5.97 Å². The Morgan fingerprint density at radius 1 is 1.24 bits per heavy atom. The highest BCUT2D eigenvalue weighted by molar-refractivity contribution is 9.10. The van der Waals surface area contributed by atoms with Gasteiger partial charge in [0.05, 0.1) is 24.3 Å². The van der Waals surface area contributed by atoms with Crippen molar-refractivity contribution in [3.05, 3.63) is 57.8 Å². The molecule has 0 atom stereocenters. The van der Waals surface area contributed by atoms with E-state index in [9.17, 15) is 9.18 Å². The molecule has 0 aliphatic carbocycles. The van der Waals surface area contributed by atoms with Crippen molar-refractivity contribution in [3.63, 3.8) is 0 Å². The Labute approximate surface area is 128 Å². The molecule has 0 amide bonds. The van der Waals surface area contributed by atoms with Crippen molar-refractivity contribution >= 4 is 21.9 Å². The number of nitriles is 1. The second kappa shape index (κ2) is 6.37. The second-order valence-electron chi connectivity index (χ2n) is 3.99. The number of carbonyl (C=O) groups excluding carboxylic acids is 1. The molecular formula is C15H9BrFNO3. The topological polar surface area (TPSA) is 59.3 Å². The molecular weight excluding hydrogens is 341 g/mol. The van der Waals surface area contributed by atoms with Gasteiger partial charge in [0.25, 0.3) is 0 Å². The smallest absolute Gasteiger partial charge is 0.346 e. The van der Waals surface area contributed by atoms with E-state index in [1.807, 2.05) is 6.07 Å². The van der Waals surface area contributed by atoms with Gasteiger partial charge < -0.3 is 9.47 Å². The highest BCUT2D eigenvalue weighted by Gasteiger charge is 2.17. The van der Waals surface area contributed by atoms with Crippen LogP contribution in [0.3, 0.4) is 0 Å². The lowest BCUT2D eigenvalue weighted by Crippen LogP contribution is -2.11. The molecule has 0 aromatic heterocycles. The molecule has 0 saturated carbocycles. The lowest BCUT2D eigenvalue weighted by molar-refractivity contribution is 0.0725. The number of benzene rings is 2. The summed E-state index contributed by atoms with van der Waals surface area (Å²) < 4.78 is 24.4. The molecule has 0 saturated heterocycles. The molecule has 0 heterocycles. The zero-order chi connectivity index (χ0) is 15.4. The summed E-state index contributed by atoms with van der Waals surface area (Å²) >= 11 is 3.16. The van der Waals surface area contributed by atoms with Crippen LogP contribution in [0.4, 0.5) is 4.39 Å². The predicted octanol–water partition coefficient (Wildman–Crippen LogP) is 3.69. The summed E-state index contributed by atoms with van der Waals surface area (Å²) in [7, 11) is 1.38. The quantitative estimate of drug-likeness (QED) is 0.626. The Hall–Kier alpha value is -2.39. The summed E-state index contributed by atoms with van der Waals surface area (Å²) in [6.07, 6.45) is 0. The third kappa shape index (κ3) is 3.38. The monoisotopic (exact) mass is 349 g/mol. The number of rotatable bonds is 3. The first kappa shape index (κ1) is 15.0. The molecule has 0 aliphatic heterocycles. The largest absolute Gasteiger partial charge is 0.493 e. The van der Waals surface area contributed by atoms with Gasteiger partial charge in [-0.1, -0.05) is 15.9 Å². The van der Waals surface area contributed by atoms with Gasteiger partial charge in [-0.3, -0.25) is 0 Å². The van der Waals surface area contributed by atoms with E-state index in [1.165, 1.54) is 37.4 Å². The first-order chi connectivity index (χ1) is 10.0. The summed E-state index contributed by atoms with van der Waals surface area (Å²) in [6.45, 7) is 0. The van der Waals surface area contributed by atoms with Gasteiger partial charge in [0.2, 0.25) is 0 Å². The Balaban J connectivity index is 2.32. The van der Waals surface area contributed by atoms with Crippen LogP contribution in [0.2, 0.25) is 0 Å². The highest BCUT2D eigenvalue weighted by Crippen LogP contribution is 2.29. The molecule has 2 aromatic rings. The first-order valence-electron chi connectivity index (χ1n) is 5.80. The van der Waals surface area contributed by atoms with Crippen LogP contribution in [0.1, 0.15) is 15.9 Å². The van der Waals surface area contributed by atoms with E-state index in [0.717, 1.165) is 6.07 Å². The molecule has 2 aromatic carbocycles. The standard InChI is InChI=1S/C15H9BrFNO3/c1-20-14-6-9(8-18)2-5-13(14)21-15(19)11-7-10(16)3-4-12(11)17/h2-7H,1H3. The van der Waals surface area contributed by atoms with Gasteiger partial charge in [-0.2, -0.15) is 5.26 Å². The van der Waals surface area contributed by atoms with Crippen molar-refractivity contribution < 1.29 is 18.7 Å². The Morgan fingerprint density at radius 2 is 2.00 bits per heavy atom. The normalized spacial score (nSPS) is 9.81. The van der Waals surface area contributed by atoms with E-state index in [4.69, 9.17) is 14.7 Å². The van der Waals surface area contributed by atoms with E-state index in [2.05, 4.69) is 15.9 Å². The molecule has 0 radical (unpaired) electrons. The second-order valence-corrected chi connectivity index (χ2v) is 4.91. The lowest BCUT2D eigenvalue weighted by atomic mass is 10.2. The molecule has 0 aliphatic rings. The third-order valence-electron chi connectivity index (χ3n) is 2.64. The van der Waals surface area contributed by atoms with Gasteiger partial charge in [0, 0.05) is 10.5 Å². The van der Waals surface area contributed by atoms with E-state index in [-0.39, 0.29) is 17.1 Å². The van der Waals surface area contributed by atoms with Crippen molar-refractivity contribution in [1.29, 1.82) is 5.26 Å². The van der Waals surface area contributed by atoms with Crippen molar-refractivity contribution in [2.75, 3.05) is 7.11 Å². The number of methoxy groups -OCH3 is 1. The molecule has 21 heavy (non-hydrogen) atoms. The van der Waals surface area contributed by atoms with Gasteiger partial charge in [0.15, 0.2) is 11.5 Å². The molecule has 2 rings (SSSR count). The zero-order valence-electron chi connectivity index (χ0n) is 10.9. The number of halogens is 2. The summed E-state index contributed by atoms with van der Waals surface area (Å²) in [6, 6.07) is 10.2. The first-order valence-corrected chi connectivity index (χ1v) is 6.60. The summed E-state index contributed by atoms with van der Waals surface area (Å²) in [4.78, 5) is 12.0. The van der Waals surface area contributed by atoms with Gasteiger partial charge in [-0.25, -0.2) is 9.18 Å². The molecule has 0 bridgehead atoms. The molecule has 0 spiro atoms. The van der Waals surface area contributed by atoms with Crippen LogP contribution >= 0.6 is 15.9 Å². The van der Waals surface area contributed by atoms with E-state index < -0.39 is 11.8 Å². The maximum Gasteiger partial charge on any atom is 0.346 e. The van der Waals surface area contributed by atoms with Crippen LogP contribution in [0.5, 0.6) is 11.5 Å². The molecule has 0 N–H and O–H groups in total. The number of hydrogen-bond donors (Lipinski definition) is 0. The Kier molecular flexibility index (Phi) is 4.55. The number of esters is 1. The Morgan fingerprint density at radius 3 is 2.67 bits per heavy atom. The van der Waals surface area contributed by atoms with Crippen molar-refractivity contribution in [2.24, 2.45) is 0 Å². The zero-order valence-corrected chi connectivity index (χ0v) is 12.5. The van der Waals surface area contributed by atoms with E-state index in [0.29, 0.717) is 10.0 Å². The molecule has 6 heteroatoms. The van der Waals surface area contributed by atoms with Crippen LogP contribution in [0.15, 0.2) is 40.9 Å². The predicted molar refractivity (Wildman–Crippen MR) is 76.8 cm³/mol. The van der Waals surface area contributed by atoms with Crippen LogP contribution in [-0.4, -0.2) is 13.1 Å². The van der Waals surface area contributed by atoms with Gasteiger partial charge in [-0.05, 0) is 30.3 Å². The number of ether oxygens (including phenoxy) is 2. The maximum absolute atomic E-state index is 13.6. The average Bonchev–Trinajstić information content (AvgIpc) is 2.49. The molecule has 4 nitrogen and oxygen atoms in total. The van der Waals surface area contributed by atoms with Crippen LogP contribution < -0.4 is 9.47 Å². The maximum atomic E-state index is 13.6. The summed E-state index contributed by atoms with van der Waals surface area (Å²) in [5.41, 5.74) is 0.163. The van der Waals surface area contributed by atoms with Crippen molar-refractivity contribution in [2.45, 2.75) is 0 Å². The average molecular weight is 350 g/mol. The fraction of sp³-hybridized carbons (Fsp3) is 0.0667. The summed E-state index contributed by atoms with van der Waals surface area (Å²) in [5, 5.41) is 8.81. The van der Waals surface area contributed by atoms with Gasteiger partial charge in [0.1, 0.15) is 5.82 Å². The van der Waals surface area contributed by atoms with Crippen LogP contribution in [0.25, 0.3) is 0 Å². The minimum atomic E-state index is -0.850. The van der Waals surface area contributed by atoms with Crippen molar-refractivity contribution in [1.82, 2.24) is 0 Å². The van der Waals surface area contributed by atoms with Crippen LogP contribution in [0, 0.1) is 17.1 Å². The van der Waals surface area contributed by atoms with E-state index in [1.54, 1.807) is 0 Å².